The summed E-state index contributed by atoms with van der Waals surface area (Å²) in [4.78, 5) is 25.1. The maximum atomic E-state index is 13.2. The first-order valence-electron chi connectivity index (χ1n) is 10.1. The van der Waals surface area contributed by atoms with E-state index in [1.165, 1.54) is 18.6 Å². The van der Waals surface area contributed by atoms with Crippen LogP contribution in [0, 0.1) is 5.82 Å². The Morgan fingerprint density at radius 3 is 2.34 bits per heavy atom. The molecule has 29 heavy (non-hydrogen) atoms. The molecule has 1 saturated carbocycles. The van der Waals surface area contributed by atoms with Gasteiger partial charge in [-0.15, -0.1) is 0 Å². The van der Waals surface area contributed by atoms with Crippen LogP contribution in [0.4, 0.5) is 9.18 Å². The highest BCUT2D eigenvalue weighted by atomic mass is 19.1. The van der Waals surface area contributed by atoms with E-state index in [0.29, 0.717) is 0 Å². The molecule has 0 radical (unpaired) electrons. The molecule has 2 amide bonds. The van der Waals surface area contributed by atoms with E-state index in [1.807, 2.05) is 30.3 Å². The molecule has 3 rings (SSSR count). The molecule has 2 aromatic rings. The summed E-state index contributed by atoms with van der Waals surface area (Å²) in [5, 5.41) is 5.72. The lowest BCUT2D eigenvalue weighted by atomic mass is 9.95. The fraction of sp³-hybridized carbons (Fsp3) is 0.391. The Bertz CT molecular complexity index is 790. The molecule has 1 aliphatic carbocycles. The van der Waals surface area contributed by atoms with E-state index in [0.717, 1.165) is 36.8 Å². The molecule has 0 aromatic heterocycles. The molecule has 5 nitrogen and oxygen atoms in total. The first kappa shape index (κ1) is 20.8. The molecule has 2 aromatic carbocycles. The highest BCUT2D eigenvalue weighted by Gasteiger charge is 2.25. The number of hydrogen-bond acceptors (Lipinski definition) is 3. The number of amides is 2. The number of halogens is 1. The van der Waals surface area contributed by atoms with Crippen LogP contribution in [0.3, 0.4) is 0 Å². The Morgan fingerprint density at radius 1 is 0.966 bits per heavy atom. The molecule has 0 heterocycles. The average molecular weight is 398 g/mol. The Kier molecular flexibility index (Phi) is 7.61. The minimum atomic E-state index is -0.786. The van der Waals surface area contributed by atoms with Crippen LogP contribution < -0.4 is 10.6 Å². The van der Waals surface area contributed by atoms with Crippen LogP contribution in [0.25, 0.3) is 0 Å². The Hall–Kier alpha value is -2.89. The van der Waals surface area contributed by atoms with Crippen molar-refractivity contribution in [1.29, 1.82) is 0 Å². The monoisotopic (exact) mass is 398 g/mol. The standard InChI is InChI=1S/C23H27FN2O3/c24-19-13-11-17(12-14-19)15-21(22(27)25-20-9-5-2-6-10-20)26-23(28)29-16-18-7-3-1-4-8-18/h1,3-4,7-8,11-14,20-21H,2,5-6,9-10,15-16H2,(H,25,27)(H,26,28)/t21-/m0/s1. The van der Waals surface area contributed by atoms with Crippen molar-refractivity contribution in [2.45, 2.75) is 57.2 Å². The van der Waals surface area contributed by atoms with Gasteiger partial charge in [-0.3, -0.25) is 4.79 Å². The summed E-state index contributed by atoms with van der Waals surface area (Å²) in [5.41, 5.74) is 1.63. The van der Waals surface area contributed by atoms with Gasteiger partial charge in [-0.1, -0.05) is 61.7 Å². The summed E-state index contributed by atoms with van der Waals surface area (Å²) in [5.74, 6) is -0.579. The van der Waals surface area contributed by atoms with Crippen molar-refractivity contribution in [3.63, 3.8) is 0 Å². The zero-order valence-corrected chi connectivity index (χ0v) is 16.4. The van der Waals surface area contributed by atoms with Gasteiger partial charge in [-0.2, -0.15) is 0 Å². The molecule has 0 saturated heterocycles. The molecular formula is C23H27FN2O3. The van der Waals surface area contributed by atoms with E-state index < -0.39 is 12.1 Å². The number of alkyl carbamates (subject to hydrolysis) is 1. The maximum Gasteiger partial charge on any atom is 0.408 e. The molecule has 0 bridgehead atoms. The van der Waals surface area contributed by atoms with Crippen LogP contribution in [0.2, 0.25) is 0 Å². The first-order chi connectivity index (χ1) is 14.1. The summed E-state index contributed by atoms with van der Waals surface area (Å²) in [6.07, 6.45) is 4.90. The Balaban J connectivity index is 1.61. The number of nitrogens with one attached hydrogen (secondary N) is 2. The molecule has 154 valence electrons. The SMILES string of the molecule is O=C(N[C@@H](Cc1ccc(F)cc1)C(=O)NC1CCCCC1)OCc1ccccc1. The minimum Gasteiger partial charge on any atom is -0.445 e. The van der Waals surface area contributed by atoms with Crippen LogP contribution in [0.15, 0.2) is 54.6 Å². The van der Waals surface area contributed by atoms with Crippen molar-refractivity contribution in [2.24, 2.45) is 0 Å². The van der Waals surface area contributed by atoms with Crippen molar-refractivity contribution in [3.8, 4) is 0 Å². The maximum absolute atomic E-state index is 13.2. The van der Waals surface area contributed by atoms with Crippen LogP contribution >= 0.6 is 0 Å². The summed E-state index contributed by atoms with van der Waals surface area (Å²) in [6, 6.07) is 14.6. The van der Waals surface area contributed by atoms with Gasteiger partial charge in [0.15, 0.2) is 0 Å². The highest BCUT2D eigenvalue weighted by molar-refractivity contribution is 5.86. The number of carbonyl (C=O) groups is 2. The lowest BCUT2D eigenvalue weighted by Crippen LogP contribution is -2.51. The summed E-state index contributed by atoms with van der Waals surface area (Å²) in [7, 11) is 0. The predicted molar refractivity (Wildman–Crippen MR) is 109 cm³/mol. The number of ether oxygens (including phenoxy) is 1. The molecule has 1 atom stereocenters. The van der Waals surface area contributed by atoms with E-state index in [4.69, 9.17) is 4.74 Å². The molecule has 1 fully saturated rings. The van der Waals surface area contributed by atoms with Crippen LogP contribution in [-0.2, 0) is 22.6 Å². The van der Waals surface area contributed by atoms with Gasteiger partial charge in [0.05, 0.1) is 0 Å². The van der Waals surface area contributed by atoms with Gasteiger partial charge in [0, 0.05) is 12.5 Å². The second-order valence-corrected chi connectivity index (χ2v) is 7.43. The van der Waals surface area contributed by atoms with Crippen LogP contribution in [0.1, 0.15) is 43.2 Å². The quantitative estimate of drug-likeness (QED) is 0.738. The van der Waals surface area contributed by atoms with Crippen molar-refractivity contribution in [2.75, 3.05) is 0 Å². The molecule has 6 heteroatoms. The Labute approximate surface area is 170 Å². The van der Waals surface area contributed by atoms with Crippen molar-refractivity contribution in [3.05, 3.63) is 71.5 Å². The normalized spacial score (nSPS) is 15.3. The Morgan fingerprint density at radius 2 is 1.66 bits per heavy atom. The second kappa shape index (κ2) is 10.6. The predicted octanol–water partition coefficient (Wildman–Crippen LogP) is 4.11. The zero-order chi connectivity index (χ0) is 20.5. The second-order valence-electron chi connectivity index (χ2n) is 7.43. The molecule has 1 aliphatic rings. The van der Waals surface area contributed by atoms with Gasteiger partial charge in [0.25, 0.3) is 0 Å². The molecule has 0 unspecified atom stereocenters. The van der Waals surface area contributed by atoms with E-state index in [-0.39, 0.29) is 30.8 Å². The summed E-state index contributed by atoms with van der Waals surface area (Å²) < 4.78 is 18.5. The van der Waals surface area contributed by atoms with Crippen molar-refractivity contribution >= 4 is 12.0 Å². The van der Waals surface area contributed by atoms with Crippen molar-refractivity contribution < 1.29 is 18.7 Å². The van der Waals surface area contributed by atoms with Crippen molar-refractivity contribution in [1.82, 2.24) is 10.6 Å². The molecule has 2 N–H and O–H groups in total. The average Bonchev–Trinajstić information content (AvgIpc) is 2.75. The number of hydrogen-bond donors (Lipinski definition) is 2. The lowest BCUT2D eigenvalue weighted by molar-refractivity contribution is -0.124. The topological polar surface area (TPSA) is 67.4 Å². The van der Waals surface area contributed by atoms with Gasteiger partial charge in [0.1, 0.15) is 18.5 Å². The van der Waals surface area contributed by atoms with Gasteiger partial charge in [-0.05, 0) is 36.1 Å². The number of rotatable bonds is 7. The minimum absolute atomic E-state index is 0.125. The van der Waals surface area contributed by atoms with Gasteiger partial charge in [-0.25, -0.2) is 9.18 Å². The molecular weight excluding hydrogens is 371 g/mol. The number of carbonyl (C=O) groups excluding carboxylic acids is 2. The van der Waals surface area contributed by atoms with E-state index in [1.54, 1.807) is 12.1 Å². The fourth-order valence-corrected chi connectivity index (χ4v) is 3.52. The van der Waals surface area contributed by atoms with E-state index >= 15 is 0 Å². The van der Waals surface area contributed by atoms with Gasteiger partial charge < -0.3 is 15.4 Å². The number of benzene rings is 2. The zero-order valence-electron chi connectivity index (χ0n) is 16.4. The third kappa shape index (κ3) is 6.89. The smallest absolute Gasteiger partial charge is 0.408 e. The van der Waals surface area contributed by atoms with Gasteiger partial charge in [0.2, 0.25) is 5.91 Å². The largest absolute Gasteiger partial charge is 0.445 e. The van der Waals surface area contributed by atoms with E-state index in [2.05, 4.69) is 10.6 Å². The summed E-state index contributed by atoms with van der Waals surface area (Å²) in [6.45, 7) is 0.125. The lowest BCUT2D eigenvalue weighted by Gasteiger charge is -2.26. The van der Waals surface area contributed by atoms with Gasteiger partial charge >= 0.3 is 6.09 Å². The van der Waals surface area contributed by atoms with Crippen LogP contribution in [0.5, 0.6) is 0 Å². The highest BCUT2D eigenvalue weighted by Crippen LogP contribution is 2.17. The summed E-state index contributed by atoms with van der Waals surface area (Å²) >= 11 is 0. The van der Waals surface area contributed by atoms with Crippen LogP contribution in [-0.4, -0.2) is 24.1 Å². The third-order valence-electron chi connectivity index (χ3n) is 5.13. The molecule has 0 aliphatic heterocycles. The first-order valence-corrected chi connectivity index (χ1v) is 10.1. The molecule has 0 spiro atoms. The van der Waals surface area contributed by atoms with E-state index in [9.17, 15) is 14.0 Å². The third-order valence-corrected chi connectivity index (χ3v) is 5.13. The fourth-order valence-electron chi connectivity index (χ4n) is 3.52.